The van der Waals surface area contributed by atoms with E-state index < -0.39 is 0 Å². The Bertz CT molecular complexity index is 427. The van der Waals surface area contributed by atoms with E-state index in [-0.39, 0.29) is 5.91 Å². The summed E-state index contributed by atoms with van der Waals surface area (Å²) in [6, 6.07) is 3.72. The van der Waals surface area contributed by atoms with E-state index in [9.17, 15) is 4.79 Å². The number of nitrogens with one attached hydrogen (secondary N) is 1. The third-order valence-electron chi connectivity index (χ3n) is 1.87. The molecule has 0 radical (unpaired) electrons. The Labute approximate surface area is 91.0 Å². The molecule has 0 saturated heterocycles. The smallest absolute Gasteiger partial charge is 0.271 e. The van der Waals surface area contributed by atoms with Crippen molar-refractivity contribution in [1.82, 2.24) is 15.3 Å². The van der Waals surface area contributed by atoms with Gasteiger partial charge in [0.25, 0.3) is 5.91 Å². The van der Waals surface area contributed by atoms with Gasteiger partial charge < -0.3 is 5.32 Å². The molecule has 4 nitrogen and oxygen atoms in total. The first-order valence-electron chi connectivity index (χ1n) is 4.41. The molecule has 0 aliphatic rings. The first kappa shape index (κ1) is 9.79. The standard InChI is InChI=1S/C10H9N3OS/c14-10(9-6-15-7-13-9)12-5-8-1-3-11-4-2-8/h1-4,6-7H,5H2,(H,12,14). The van der Waals surface area contributed by atoms with Crippen LogP contribution in [-0.2, 0) is 6.54 Å². The van der Waals surface area contributed by atoms with Crippen molar-refractivity contribution in [2.45, 2.75) is 6.54 Å². The van der Waals surface area contributed by atoms with Crippen molar-refractivity contribution in [1.29, 1.82) is 0 Å². The Morgan fingerprint density at radius 3 is 2.87 bits per heavy atom. The molecule has 2 rings (SSSR count). The van der Waals surface area contributed by atoms with Crippen LogP contribution in [0.2, 0.25) is 0 Å². The number of rotatable bonds is 3. The second kappa shape index (κ2) is 4.65. The van der Waals surface area contributed by atoms with Gasteiger partial charge in [0.1, 0.15) is 5.69 Å². The molecule has 2 aromatic rings. The van der Waals surface area contributed by atoms with Crippen LogP contribution in [0.25, 0.3) is 0 Å². The van der Waals surface area contributed by atoms with E-state index in [0.29, 0.717) is 12.2 Å². The van der Waals surface area contributed by atoms with Crippen LogP contribution in [0.15, 0.2) is 35.4 Å². The number of thiazole rings is 1. The van der Waals surface area contributed by atoms with Gasteiger partial charge in [-0.1, -0.05) is 0 Å². The monoisotopic (exact) mass is 219 g/mol. The van der Waals surface area contributed by atoms with Crippen LogP contribution in [-0.4, -0.2) is 15.9 Å². The molecule has 0 bridgehead atoms. The Morgan fingerprint density at radius 2 is 2.20 bits per heavy atom. The van der Waals surface area contributed by atoms with Crippen LogP contribution in [0.5, 0.6) is 0 Å². The van der Waals surface area contributed by atoms with E-state index in [1.54, 1.807) is 23.3 Å². The number of hydrogen-bond acceptors (Lipinski definition) is 4. The van der Waals surface area contributed by atoms with Crippen LogP contribution in [0.1, 0.15) is 16.1 Å². The first-order valence-corrected chi connectivity index (χ1v) is 5.36. The zero-order chi connectivity index (χ0) is 10.5. The Hall–Kier alpha value is -1.75. The molecule has 0 unspecified atom stereocenters. The molecule has 0 aliphatic carbocycles. The Kier molecular flexibility index (Phi) is 3.04. The highest BCUT2D eigenvalue weighted by molar-refractivity contribution is 7.07. The van der Waals surface area contributed by atoms with Crippen molar-refractivity contribution in [2.75, 3.05) is 0 Å². The SMILES string of the molecule is O=C(NCc1ccncc1)c1cscn1. The number of aromatic nitrogens is 2. The minimum atomic E-state index is -0.145. The number of nitrogens with zero attached hydrogens (tertiary/aromatic N) is 2. The average molecular weight is 219 g/mol. The van der Waals surface area contributed by atoms with E-state index in [1.165, 1.54) is 11.3 Å². The molecule has 1 N–H and O–H groups in total. The molecule has 2 heterocycles. The molecule has 0 spiro atoms. The van der Waals surface area contributed by atoms with Crippen molar-refractivity contribution in [3.63, 3.8) is 0 Å². The number of carbonyl (C=O) groups is 1. The molecular weight excluding hydrogens is 210 g/mol. The summed E-state index contributed by atoms with van der Waals surface area (Å²) in [4.78, 5) is 19.3. The fraction of sp³-hybridized carbons (Fsp3) is 0.100. The highest BCUT2D eigenvalue weighted by Crippen LogP contribution is 2.01. The summed E-state index contributed by atoms with van der Waals surface area (Å²) in [5.41, 5.74) is 3.13. The van der Waals surface area contributed by atoms with E-state index in [1.807, 2.05) is 12.1 Å². The predicted molar refractivity (Wildman–Crippen MR) is 57.5 cm³/mol. The predicted octanol–water partition coefficient (Wildman–Crippen LogP) is 1.47. The maximum absolute atomic E-state index is 11.5. The highest BCUT2D eigenvalue weighted by Gasteiger charge is 2.05. The zero-order valence-corrected chi connectivity index (χ0v) is 8.70. The lowest BCUT2D eigenvalue weighted by molar-refractivity contribution is 0.0946. The second-order valence-electron chi connectivity index (χ2n) is 2.91. The van der Waals surface area contributed by atoms with E-state index in [0.717, 1.165) is 5.56 Å². The normalized spacial score (nSPS) is 9.87. The molecule has 0 aliphatic heterocycles. The van der Waals surface area contributed by atoms with Gasteiger partial charge in [-0.2, -0.15) is 0 Å². The summed E-state index contributed by atoms with van der Waals surface area (Å²) in [6.45, 7) is 0.499. The molecule has 0 saturated carbocycles. The maximum Gasteiger partial charge on any atom is 0.271 e. The van der Waals surface area contributed by atoms with Crippen molar-refractivity contribution in [2.24, 2.45) is 0 Å². The first-order chi connectivity index (χ1) is 7.36. The minimum Gasteiger partial charge on any atom is -0.347 e. The third-order valence-corrected chi connectivity index (χ3v) is 2.45. The van der Waals surface area contributed by atoms with Crippen molar-refractivity contribution in [3.05, 3.63) is 46.7 Å². The summed E-state index contributed by atoms with van der Waals surface area (Å²) < 4.78 is 0. The van der Waals surface area contributed by atoms with Gasteiger partial charge in [-0.25, -0.2) is 4.98 Å². The molecular formula is C10H9N3OS. The lowest BCUT2D eigenvalue weighted by atomic mass is 10.2. The summed E-state index contributed by atoms with van der Waals surface area (Å²) in [5.74, 6) is -0.145. The van der Waals surface area contributed by atoms with Crippen LogP contribution in [0, 0.1) is 0 Å². The van der Waals surface area contributed by atoms with Gasteiger partial charge >= 0.3 is 0 Å². The van der Waals surface area contributed by atoms with Crippen LogP contribution < -0.4 is 5.32 Å². The van der Waals surface area contributed by atoms with Gasteiger partial charge in [0.05, 0.1) is 5.51 Å². The van der Waals surface area contributed by atoms with Gasteiger partial charge in [0.15, 0.2) is 0 Å². The number of hydrogen-bond donors (Lipinski definition) is 1. The van der Waals surface area contributed by atoms with Crippen molar-refractivity contribution >= 4 is 17.2 Å². The molecule has 2 aromatic heterocycles. The van der Waals surface area contributed by atoms with Gasteiger partial charge in [-0.05, 0) is 17.7 Å². The fourth-order valence-electron chi connectivity index (χ4n) is 1.10. The molecule has 0 aromatic carbocycles. The van der Waals surface area contributed by atoms with E-state index >= 15 is 0 Å². The van der Waals surface area contributed by atoms with Gasteiger partial charge in [0.2, 0.25) is 0 Å². The third kappa shape index (κ3) is 2.60. The molecule has 5 heteroatoms. The number of pyridine rings is 1. The fourth-order valence-corrected chi connectivity index (χ4v) is 1.63. The van der Waals surface area contributed by atoms with Crippen LogP contribution in [0.4, 0.5) is 0 Å². The van der Waals surface area contributed by atoms with Gasteiger partial charge in [-0.15, -0.1) is 11.3 Å². The van der Waals surface area contributed by atoms with Gasteiger partial charge in [0, 0.05) is 24.3 Å². The quantitative estimate of drug-likeness (QED) is 0.850. The molecule has 0 fully saturated rings. The lowest BCUT2D eigenvalue weighted by Crippen LogP contribution is -2.22. The van der Waals surface area contributed by atoms with Gasteiger partial charge in [-0.3, -0.25) is 9.78 Å². The lowest BCUT2D eigenvalue weighted by Gasteiger charge is -2.02. The topological polar surface area (TPSA) is 54.9 Å². The second-order valence-corrected chi connectivity index (χ2v) is 3.63. The van der Waals surface area contributed by atoms with E-state index in [4.69, 9.17) is 0 Å². The maximum atomic E-state index is 11.5. The zero-order valence-electron chi connectivity index (χ0n) is 7.88. The molecule has 1 amide bonds. The minimum absolute atomic E-state index is 0.145. The Balaban J connectivity index is 1.92. The van der Waals surface area contributed by atoms with Crippen molar-refractivity contribution in [3.8, 4) is 0 Å². The molecule has 15 heavy (non-hydrogen) atoms. The number of amides is 1. The summed E-state index contributed by atoms with van der Waals surface area (Å²) >= 11 is 1.41. The van der Waals surface area contributed by atoms with Crippen LogP contribution >= 0.6 is 11.3 Å². The summed E-state index contributed by atoms with van der Waals surface area (Å²) in [7, 11) is 0. The van der Waals surface area contributed by atoms with Crippen molar-refractivity contribution < 1.29 is 4.79 Å². The Morgan fingerprint density at radius 1 is 1.40 bits per heavy atom. The highest BCUT2D eigenvalue weighted by atomic mass is 32.1. The van der Waals surface area contributed by atoms with Crippen LogP contribution in [0.3, 0.4) is 0 Å². The van der Waals surface area contributed by atoms with E-state index in [2.05, 4.69) is 15.3 Å². The molecule has 0 atom stereocenters. The summed E-state index contributed by atoms with van der Waals surface area (Å²) in [6.07, 6.45) is 3.40. The largest absolute Gasteiger partial charge is 0.347 e. The molecule has 76 valence electrons. The number of carbonyl (C=O) groups excluding carboxylic acids is 1. The average Bonchev–Trinajstić information content (AvgIpc) is 2.81. The summed E-state index contributed by atoms with van der Waals surface area (Å²) in [5, 5.41) is 4.50.